The van der Waals surface area contributed by atoms with Crippen LogP contribution in [0, 0.1) is 17.0 Å². The molecule has 3 aromatic rings. The Bertz CT molecular complexity index is 989. The maximum Gasteiger partial charge on any atom is 0.277 e. The van der Waals surface area contributed by atoms with Gasteiger partial charge in [-0.15, -0.1) is 10.2 Å². The van der Waals surface area contributed by atoms with Crippen molar-refractivity contribution in [1.82, 2.24) is 10.2 Å². The lowest BCUT2D eigenvalue weighted by atomic mass is 10.1. The van der Waals surface area contributed by atoms with Gasteiger partial charge in [0, 0.05) is 23.4 Å². The lowest BCUT2D eigenvalue weighted by Gasteiger charge is -2.09. The molecular weight excluding hydrogens is 368 g/mol. The molecule has 0 saturated heterocycles. The zero-order valence-electron chi connectivity index (χ0n) is 14.6. The van der Waals surface area contributed by atoms with Crippen LogP contribution in [0.1, 0.15) is 12.5 Å². The summed E-state index contributed by atoms with van der Waals surface area (Å²) in [7, 11) is 0. The molecule has 1 amide bonds. The van der Waals surface area contributed by atoms with E-state index < -0.39 is 10.2 Å². The second-order valence-electron chi connectivity index (χ2n) is 5.74. The number of rotatable bonds is 6. The zero-order chi connectivity index (χ0) is 19.4. The monoisotopic (exact) mass is 384 g/mol. The standard InChI is InChI=1S/C18H16N4O4S/c1-11-6-3-4-9-15(11)17-20-21-18(26-17)27-12(2)16(23)19-13-7-5-8-14(10-13)22(24)25/h3-10,12H,1-2H3,(H,19,23). The van der Waals surface area contributed by atoms with Gasteiger partial charge in [-0.05, 0) is 31.5 Å². The number of hydrogen-bond acceptors (Lipinski definition) is 7. The Morgan fingerprint density at radius 2 is 2.00 bits per heavy atom. The Morgan fingerprint density at radius 3 is 2.74 bits per heavy atom. The quantitative estimate of drug-likeness (QED) is 0.387. The van der Waals surface area contributed by atoms with E-state index in [0.29, 0.717) is 11.6 Å². The van der Waals surface area contributed by atoms with E-state index in [1.165, 1.54) is 18.2 Å². The van der Waals surface area contributed by atoms with Crippen LogP contribution >= 0.6 is 11.8 Å². The number of anilines is 1. The van der Waals surface area contributed by atoms with Crippen LogP contribution in [0.3, 0.4) is 0 Å². The molecule has 0 fully saturated rings. The maximum atomic E-state index is 12.3. The molecule has 2 aromatic carbocycles. The second-order valence-corrected chi connectivity index (χ2v) is 7.04. The SMILES string of the molecule is Cc1ccccc1-c1nnc(SC(C)C(=O)Nc2cccc([N+](=O)[O-])c2)o1. The van der Waals surface area contributed by atoms with Crippen molar-refractivity contribution in [3.8, 4) is 11.5 Å². The van der Waals surface area contributed by atoms with Crippen LogP contribution in [0.25, 0.3) is 11.5 Å². The van der Waals surface area contributed by atoms with Crippen molar-refractivity contribution in [2.45, 2.75) is 24.3 Å². The molecule has 8 nitrogen and oxygen atoms in total. The van der Waals surface area contributed by atoms with E-state index in [1.54, 1.807) is 13.0 Å². The highest BCUT2D eigenvalue weighted by atomic mass is 32.2. The Hall–Kier alpha value is -3.20. The topological polar surface area (TPSA) is 111 Å². The van der Waals surface area contributed by atoms with E-state index in [-0.39, 0.29) is 16.8 Å². The fourth-order valence-electron chi connectivity index (χ4n) is 2.32. The number of non-ortho nitro benzene ring substituents is 1. The Kier molecular flexibility index (Phi) is 5.51. The summed E-state index contributed by atoms with van der Waals surface area (Å²) in [4.78, 5) is 22.6. The third-order valence-corrected chi connectivity index (χ3v) is 4.69. The molecule has 1 heterocycles. The first-order valence-corrected chi connectivity index (χ1v) is 8.93. The van der Waals surface area contributed by atoms with Crippen LogP contribution in [-0.2, 0) is 4.79 Å². The number of benzene rings is 2. The van der Waals surface area contributed by atoms with Gasteiger partial charge in [0.05, 0.1) is 10.2 Å². The van der Waals surface area contributed by atoms with Gasteiger partial charge in [-0.1, -0.05) is 36.0 Å². The fraction of sp³-hybridized carbons (Fsp3) is 0.167. The Labute approximate surface area is 159 Å². The summed E-state index contributed by atoms with van der Waals surface area (Å²) < 4.78 is 5.64. The molecular formula is C18H16N4O4S. The summed E-state index contributed by atoms with van der Waals surface area (Å²) in [5.74, 6) is 0.0676. The van der Waals surface area contributed by atoms with E-state index in [0.717, 1.165) is 22.9 Å². The van der Waals surface area contributed by atoms with Gasteiger partial charge in [0.1, 0.15) is 0 Å². The van der Waals surface area contributed by atoms with E-state index in [2.05, 4.69) is 15.5 Å². The summed E-state index contributed by atoms with van der Waals surface area (Å²) >= 11 is 1.12. The van der Waals surface area contributed by atoms with Crippen LogP contribution in [0.5, 0.6) is 0 Å². The molecule has 1 unspecified atom stereocenters. The highest BCUT2D eigenvalue weighted by Gasteiger charge is 2.20. The molecule has 1 aromatic heterocycles. The fourth-order valence-corrected chi connectivity index (χ4v) is 3.01. The van der Waals surface area contributed by atoms with Gasteiger partial charge >= 0.3 is 0 Å². The van der Waals surface area contributed by atoms with Gasteiger partial charge in [-0.2, -0.15) is 0 Å². The molecule has 0 aliphatic carbocycles. The molecule has 0 radical (unpaired) electrons. The third kappa shape index (κ3) is 4.50. The number of amides is 1. The van der Waals surface area contributed by atoms with Gasteiger partial charge in [0.2, 0.25) is 11.8 Å². The minimum Gasteiger partial charge on any atom is -0.411 e. The van der Waals surface area contributed by atoms with Gasteiger partial charge in [0.25, 0.3) is 10.9 Å². The van der Waals surface area contributed by atoms with Crippen LogP contribution in [-0.4, -0.2) is 26.3 Å². The lowest BCUT2D eigenvalue weighted by Crippen LogP contribution is -2.22. The summed E-state index contributed by atoms with van der Waals surface area (Å²) in [5, 5.41) is 21.2. The van der Waals surface area contributed by atoms with Gasteiger partial charge < -0.3 is 9.73 Å². The third-order valence-electron chi connectivity index (χ3n) is 3.75. The van der Waals surface area contributed by atoms with E-state index in [1.807, 2.05) is 31.2 Å². The number of nitro groups is 1. The Morgan fingerprint density at radius 1 is 1.22 bits per heavy atom. The summed E-state index contributed by atoms with van der Waals surface area (Å²) in [6, 6.07) is 13.4. The average molecular weight is 384 g/mol. The normalized spacial score (nSPS) is 11.8. The average Bonchev–Trinajstić information content (AvgIpc) is 3.10. The molecule has 0 bridgehead atoms. The molecule has 3 rings (SSSR count). The molecule has 1 atom stereocenters. The molecule has 1 N–H and O–H groups in total. The summed E-state index contributed by atoms with van der Waals surface area (Å²) in [6.07, 6.45) is 0. The number of thioether (sulfide) groups is 1. The van der Waals surface area contributed by atoms with Crippen LogP contribution in [0.4, 0.5) is 11.4 Å². The molecule has 0 spiro atoms. The molecule has 0 saturated carbocycles. The van der Waals surface area contributed by atoms with E-state index >= 15 is 0 Å². The van der Waals surface area contributed by atoms with Gasteiger partial charge in [-0.25, -0.2) is 0 Å². The predicted molar refractivity (Wildman–Crippen MR) is 102 cm³/mol. The second kappa shape index (κ2) is 8.00. The summed E-state index contributed by atoms with van der Waals surface area (Å²) in [6.45, 7) is 3.64. The number of carbonyl (C=O) groups excluding carboxylic acids is 1. The molecule has 27 heavy (non-hydrogen) atoms. The van der Waals surface area contributed by atoms with Crippen molar-refractivity contribution in [2.75, 3.05) is 5.32 Å². The van der Waals surface area contributed by atoms with Crippen molar-refractivity contribution in [3.63, 3.8) is 0 Å². The maximum absolute atomic E-state index is 12.3. The first kappa shape index (κ1) is 18.6. The number of nitro benzene ring substituents is 1. The number of nitrogens with zero attached hydrogens (tertiary/aromatic N) is 3. The number of nitrogens with one attached hydrogen (secondary N) is 1. The molecule has 0 aliphatic heterocycles. The van der Waals surface area contributed by atoms with Crippen LogP contribution in [0.2, 0.25) is 0 Å². The molecule has 9 heteroatoms. The highest BCUT2D eigenvalue weighted by molar-refractivity contribution is 8.00. The highest BCUT2D eigenvalue weighted by Crippen LogP contribution is 2.28. The number of aryl methyl sites for hydroxylation is 1. The van der Waals surface area contributed by atoms with Crippen molar-refractivity contribution in [1.29, 1.82) is 0 Å². The van der Waals surface area contributed by atoms with E-state index in [9.17, 15) is 14.9 Å². The first-order valence-electron chi connectivity index (χ1n) is 8.05. The number of carbonyl (C=O) groups is 1. The minimum atomic E-state index is -0.533. The number of hydrogen-bond donors (Lipinski definition) is 1. The van der Waals surface area contributed by atoms with E-state index in [4.69, 9.17) is 4.42 Å². The predicted octanol–water partition coefficient (Wildman–Crippen LogP) is 4.07. The lowest BCUT2D eigenvalue weighted by molar-refractivity contribution is -0.384. The zero-order valence-corrected chi connectivity index (χ0v) is 15.4. The minimum absolute atomic E-state index is 0.0899. The van der Waals surface area contributed by atoms with Crippen molar-refractivity contribution < 1.29 is 14.1 Å². The molecule has 0 aliphatic rings. The smallest absolute Gasteiger partial charge is 0.277 e. The van der Waals surface area contributed by atoms with Gasteiger partial charge in [-0.3, -0.25) is 14.9 Å². The first-order chi connectivity index (χ1) is 12.9. The van der Waals surface area contributed by atoms with Crippen LogP contribution in [0.15, 0.2) is 58.2 Å². The van der Waals surface area contributed by atoms with Gasteiger partial charge in [0.15, 0.2) is 0 Å². The molecule has 138 valence electrons. The number of aromatic nitrogens is 2. The van der Waals surface area contributed by atoms with Crippen molar-refractivity contribution in [3.05, 3.63) is 64.2 Å². The van der Waals surface area contributed by atoms with Crippen molar-refractivity contribution >= 4 is 29.0 Å². The summed E-state index contributed by atoms with van der Waals surface area (Å²) in [5.41, 5.74) is 2.11. The Balaban J connectivity index is 1.66. The largest absolute Gasteiger partial charge is 0.411 e. The van der Waals surface area contributed by atoms with Crippen molar-refractivity contribution in [2.24, 2.45) is 0 Å². The van der Waals surface area contributed by atoms with Crippen LogP contribution < -0.4 is 5.32 Å².